The molecule has 4 heterocycles. The Hall–Kier alpha value is -1.16. The third-order valence-electron chi connectivity index (χ3n) is 6.02. The van der Waals surface area contributed by atoms with Crippen LogP contribution in [0.3, 0.4) is 0 Å². The first-order chi connectivity index (χ1) is 14.3. The average Bonchev–Trinajstić information content (AvgIpc) is 3.27. The number of hydrogen-bond acceptors (Lipinski definition) is 9. The maximum absolute atomic E-state index is 12.5. The third kappa shape index (κ3) is 5.00. The molecule has 30 heavy (non-hydrogen) atoms. The molecule has 0 unspecified atom stereocenters. The molecule has 2 bridgehead atoms. The molecule has 4 saturated heterocycles. The average molecular weight is 466 g/mol. The minimum Gasteiger partial charge on any atom is -0.310 e. The predicted molar refractivity (Wildman–Crippen MR) is 107 cm³/mol. The van der Waals surface area contributed by atoms with Crippen LogP contribution >= 0.6 is 11.8 Å². The predicted octanol–water partition coefficient (Wildman–Crippen LogP) is -1.18. The molecule has 0 aromatic rings. The summed E-state index contributed by atoms with van der Waals surface area (Å²) in [6, 6.07) is -1.44. The van der Waals surface area contributed by atoms with Crippen molar-refractivity contribution in [1.82, 2.24) is 25.7 Å². The van der Waals surface area contributed by atoms with E-state index in [1.807, 2.05) is 11.8 Å². The van der Waals surface area contributed by atoms with Gasteiger partial charge in [-0.3, -0.25) is 19.1 Å². The Morgan fingerprint density at radius 1 is 1.27 bits per heavy atom. The van der Waals surface area contributed by atoms with E-state index in [-0.39, 0.29) is 12.6 Å². The highest BCUT2D eigenvalue weighted by atomic mass is 32.3. The first kappa shape index (κ1) is 22.0. The lowest BCUT2D eigenvalue weighted by Gasteiger charge is -2.31. The highest BCUT2D eigenvalue weighted by Gasteiger charge is 2.49. The van der Waals surface area contributed by atoms with Crippen LogP contribution in [0.1, 0.15) is 19.3 Å². The van der Waals surface area contributed by atoms with Crippen molar-refractivity contribution >= 4 is 34.1 Å². The van der Waals surface area contributed by atoms with E-state index in [0.717, 1.165) is 37.6 Å². The molecule has 4 aliphatic heterocycles. The van der Waals surface area contributed by atoms with E-state index >= 15 is 0 Å². The molecule has 0 radical (unpaired) electrons. The first-order valence-corrected chi connectivity index (χ1v) is 12.6. The monoisotopic (exact) mass is 465 g/mol. The molecule has 0 spiro atoms. The van der Waals surface area contributed by atoms with Gasteiger partial charge in [-0.05, 0) is 19.3 Å². The largest absolute Gasteiger partial charge is 0.418 e. The molecule has 0 saturated carbocycles. The topological polar surface area (TPSA) is 141 Å². The summed E-state index contributed by atoms with van der Waals surface area (Å²) in [6.45, 7) is 3.58. The molecule has 0 aromatic heterocycles. The Labute approximate surface area is 179 Å². The van der Waals surface area contributed by atoms with Crippen molar-refractivity contribution in [3.63, 3.8) is 0 Å². The number of nitrogens with zero attached hydrogens (tertiary/aromatic N) is 3. The Morgan fingerprint density at radius 2 is 2.03 bits per heavy atom. The summed E-state index contributed by atoms with van der Waals surface area (Å²) in [5.74, 6) is 1.87. The van der Waals surface area contributed by atoms with Crippen molar-refractivity contribution in [2.75, 3.05) is 44.3 Å². The number of nitrogens with one attached hydrogen (secondary N) is 2. The second kappa shape index (κ2) is 9.14. The summed E-state index contributed by atoms with van der Waals surface area (Å²) in [5.41, 5.74) is 2.42. The van der Waals surface area contributed by atoms with Gasteiger partial charge in [0.05, 0.1) is 12.6 Å². The minimum atomic E-state index is -4.81. The van der Waals surface area contributed by atoms with E-state index in [4.69, 9.17) is 9.39 Å². The summed E-state index contributed by atoms with van der Waals surface area (Å²) in [4.78, 5) is 34.0. The Bertz CT molecular complexity index is 763. The van der Waals surface area contributed by atoms with Gasteiger partial charge in [0.15, 0.2) is 0 Å². The highest BCUT2D eigenvalue weighted by Crippen LogP contribution is 2.30. The van der Waals surface area contributed by atoms with Crippen LogP contribution in [0.5, 0.6) is 0 Å². The molecule has 12 nitrogen and oxygen atoms in total. The Morgan fingerprint density at radius 3 is 2.77 bits per heavy atom. The summed E-state index contributed by atoms with van der Waals surface area (Å²) in [5, 5.41) is 4.04. The first-order valence-electron chi connectivity index (χ1n) is 10.1. The van der Waals surface area contributed by atoms with Crippen LogP contribution in [0.2, 0.25) is 0 Å². The Kier molecular flexibility index (Phi) is 6.72. The molecule has 170 valence electrons. The van der Waals surface area contributed by atoms with Crippen LogP contribution in [-0.4, -0.2) is 108 Å². The van der Waals surface area contributed by atoms with Gasteiger partial charge >= 0.3 is 16.4 Å². The molecule has 14 heteroatoms. The molecule has 0 aromatic carbocycles. The van der Waals surface area contributed by atoms with E-state index in [1.165, 1.54) is 4.90 Å². The Balaban J connectivity index is 1.22. The second-order valence-corrected chi connectivity index (χ2v) is 10.2. The molecular formula is C16H27N5O7S2. The van der Waals surface area contributed by atoms with Crippen LogP contribution in [0.25, 0.3) is 0 Å². The summed E-state index contributed by atoms with van der Waals surface area (Å²) in [7, 11) is -4.81. The van der Waals surface area contributed by atoms with Gasteiger partial charge in [0.25, 0.3) is 5.91 Å². The van der Waals surface area contributed by atoms with Gasteiger partial charge in [-0.2, -0.15) is 25.2 Å². The number of amides is 3. The maximum atomic E-state index is 12.5. The van der Waals surface area contributed by atoms with Gasteiger partial charge in [-0.1, -0.05) is 0 Å². The second-order valence-electron chi connectivity index (χ2n) is 7.93. The number of carbonyl (C=O) groups is 2. The van der Waals surface area contributed by atoms with Crippen molar-refractivity contribution in [2.24, 2.45) is 0 Å². The van der Waals surface area contributed by atoms with Crippen LogP contribution < -0.4 is 10.8 Å². The van der Waals surface area contributed by atoms with Crippen molar-refractivity contribution in [3.8, 4) is 0 Å². The molecule has 0 aliphatic carbocycles. The van der Waals surface area contributed by atoms with Crippen LogP contribution in [0.4, 0.5) is 4.79 Å². The van der Waals surface area contributed by atoms with Gasteiger partial charge < -0.3 is 10.2 Å². The molecule has 4 rings (SSSR count). The van der Waals surface area contributed by atoms with E-state index in [1.54, 1.807) is 0 Å². The zero-order valence-electron chi connectivity index (χ0n) is 16.4. The molecule has 3 amide bonds. The van der Waals surface area contributed by atoms with Crippen molar-refractivity contribution in [3.05, 3.63) is 0 Å². The third-order valence-corrected chi connectivity index (χ3v) is 7.31. The van der Waals surface area contributed by atoms with Crippen molar-refractivity contribution in [2.45, 2.75) is 43.4 Å². The fraction of sp³-hybridized carbons (Fsp3) is 0.875. The number of urea groups is 1. The number of hydroxylamine groups is 3. The summed E-state index contributed by atoms with van der Waals surface area (Å²) < 4.78 is 35.1. The van der Waals surface area contributed by atoms with E-state index < -0.39 is 34.4 Å². The molecule has 4 atom stereocenters. The number of thioether (sulfide) groups is 1. The lowest BCUT2D eigenvalue weighted by molar-refractivity contribution is -0.139. The van der Waals surface area contributed by atoms with Gasteiger partial charge in [0, 0.05) is 49.8 Å². The standard InChI is InChI=1S/C16H27N5O7S2/c22-15(14-2-1-12-9-20(14)16(23)21(12)28-30(24,25)26)18-27-10-11-7-13(8-17-11)19-3-5-29-6-4-19/h11-14,17H,1-10H2,(H,18,22)(H,24,25,26)/t11-,12+,13-,14-/m0/s1. The van der Waals surface area contributed by atoms with Gasteiger partial charge in [0.2, 0.25) is 0 Å². The van der Waals surface area contributed by atoms with Crippen molar-refractivity contribution < 1.29 is 31.7 Å². The molecule has 3 N–H and O–H groups in total. The van der Waals surface area contributed by atoms with E-state index in [9.17, 15) is 18.0 Å². The van der Waals surface area contributed by atoms with Gasteiger partial charge in [-0.15, -0.1) is 4.28 Å². The smallest absolute Gasteiger partial charge is 0.310 e. The lowest BCUT2D eigenvalue weighted by Crippen LogP contribution is -2.50. The molecule has 4 fully saturated rings. The zero-order chi connectivity index (χ0) is 21.3. The highest BCUT2D eigenvalue weighted by molar-refractivity contribution is 7.99. The number of piperidine rings is 1. The number of hydrogen-bond donors (Lipinski definition) is 3. The lowest BCUT2D eigenvalue weighted by atomic mass is 10.0. The minimum absolute atomic E-state index is 0.145. The number of rotatable bonds is 7. The normalized spacial score (nSPS) is 32.6. The molecule has 4 aliphatic rings. The van der Waals surface area contributed by atoms with E-state index in [0.29, 0.717) is 30.6 Å². The van der Waals surface area contributed by atoms with Crippen LogP contribution in [0, 0.1) is 0 Å². The fourth-order valence-electron chi connectivity index (χ4n) is 4.53. The van der Waals surface area contributed by atoms with Crippen molar-refractivity contribution in [1.29, 1.82) is 0 Å². The fourth-order valence-corrected chi connectivity index (χ4v) is 5.85. The zero-order valence-corrected chi connectivity index (χ0v) is 18.1. The quantitative estimate of drug-likeness (QED) is 0.311. The number of carbonyl (C=O) groups excluding carboxylic acids is 2. The maximum Gasteiger partial charge on any atom is 0.418 e. The summed E-state index contributed by atoms with van der Waals surface area (Å²) in [6.07, 6.45) is 1.67. The van der Waals surface area contributed by atoms with Gasteiger partial charge in [0.1, 0.15) is 6.04 Å². The molecular weight excluding hydrogens is 438 g/mol. The number of fused-ring (bicyclic) bond motifs is 2. The van der Waals surface area contributed by atoms with E-state index in [2.05, 4.69) is 20.0 Å². The van der Waals surface area contributed by atoms with Crippen LogP contribution in [-0.2, 0) is 24.3 Å². The van der Waals surface area contributed by atoms with Gasteiger partial charge in [-0.25, -0.2) is 10.3 Å². The summed E-state index contributed by atoms with van der Waals surface area (Å²) >= 11 is 1.98. The SMILES string of the molecule is O=C(NOC[C@@H]1C[C@H](N2CCSCC2)CN1)[C@@H]1CC[C@@H]2CN1C(=O)N2OS(=O)(=O)O. The van der Waals surface area contributed by atoms with Crippen LogP contribution in [0.15, 0.2) is 0 Å².